The SMILES string of the molecule is C1=N[C@@H]2CCCC[C@H]2N=Cc2cccc(c2)C=N[C@@H]2CCCC[C@H]2N=Cc2cccc(c2)C=N[C@@H]2CCCC[C@H]2N=Cc2cccc1c2. The second-order valence-electron chi connectivity index (χ2n) is 13.9. The molecule has 0 unspecified atom stereocenters. The third-order valence-electron chi connectivity index (χ3n) is 10.3. The lowest BCUT2D eigenvalue weighted by Gasteiger charge is -2.25. The van der Waals surface area contributed by atoms with Crippen LogP contribution in [0.25, 0.3) is 0 Å². The maximum absolute atomic E-state index is 5.09. The van der Waals surface area contributed by atoms with Crippen LogP contribution in [0.3, 0.4) is 0 Å². The minimum atomic E-state index is 0.199. The van der Waals surface area contributed by atoms with E-state index >= 15 is 0 Å². The molecule has 7 rings (SSSR count). The van der Waals surface area contributed by atoms with Crippen molar-refractivity contribution in [2.45, 2.75) is 113 Å². The Hall–Kier alpha value is -4.32. The van der Waals surface area contributed by atoms with Crippen molar-refractivity contribution < 1.29 is 0 Å². The molecule has 6 heteroatoms. The van der Waals surface area contributed by atoms with Gasteiger partial charge in [-0.3, -0.25) is 30.0 Å². The molecule has 1 aliphatic heterocycles. The van der Waals surface area contributed by atoms with Crippen molar-refractivity contribution in [2.75, 3.05) is 0 Å². The Morgan fingerprint density at radius 3 is 0.667 bits per heavy atom. The zero-order valence-electron chi connectivity index (χ0n) is 28.0. The Labute approximate surface area is 286 Å². The van der Waals surface area contributed by atoms with Gasteiger partial charge in [0.1, 0.15) is 0 Å². The summed E-state index contributed by atoms with van der Waals surface area (Å²) >= 11 is 0. The molecule has 0 aromatic heterocycles. The molecule has 3 aromatic rings. The molecule has 48 heavy (non-hydrogen) atoms. The summed E-state index contributed by atoms with van der Waals surface area (Å²) in [5.74, 6) is 0. The third-order valence-corrected chi connectivity index (χ3v) is 10.3. The van der Waals surface area contributed by atoms with Crippen molar-refractivity contribution in [3.8, 4) is 0 Å². The number of rotatable bonds is 0. The van der Waals surface area contributed by atoms with E-state index in [9.17, 15) is 0 Å². The van der Waals surface area contributed by atoms with Gasteiger partial charge in [-0.2, -0.15) is 0 Å². The summed E-state index contributed by atoms with van der Waals surface area (Å²) in [6.07, 6.45) is 25.9. The second kappa shape index (κ2) is 16.2. The van der Waals surface area contributed by atoms with Crippen LogP contribution in [0.1, 0.15) is 110 Å². The molecule has 0 saturated heterocycles. The second-order valence-corrected chi connectivity index (χ2v) is 13.9. The van der Waals surface area contributed by atoms with Crippen molar-refractivity contribution in [3.05, 3.63) is 106 Å². The Kier molecular flexibility index (Phi) is 10.9. The van der Waals surface area contributed by atoms with Gasteiger partial charge in [0, 0.05) is 37.3 Å². The van der Waals surface area contributed by atoms with E-state index in [2.05, 4.69) is 72.8 Å². The number of hydrogen-bond acceptors (Lipinski definition) is 6. The molecule has 0 spiro atoms. The highest BCUT2D eigenvalue weighted by Crippen LogP contribution is 2.27. The first-order valence-electron chi connectivity index (χ1n) is 18.2. The molecule has 0 N–H and O–H groups in total. The van der Waals surface area contributed by atoms with E-state index in [1.807, 2.05) is 37.3 Å². The number of hydrogen-bond donors (Lipinski definition) is 0. The third kappa shape index (κ3) is 8.77. The molecular formula is C42H48N6. The van der Waals surface area contributed by atoms with Crippen LogP contribution in [-0.4, -0.2) is 73.5 Å². The van der Waals surface area contributed by atoms with Crippen LogP contribution in [0.4, 0.5) is 0 Å². The van der Waals surface area contributed by atoms with E-state index in [0.29, 0.717) is 0 Å². The van der Waals surface area contributed by atoms with Gasteiger partial charge in [0.05, 0.1) is 36.3 Å². The Morgan fingerprint density at radius 1 is 0.292 bits per heavy atom. The summed E-state index contributed by atoms with van der Waals surface area (Å²) in [6.45, 7) is 0. The van der Waals surface area contributed by atoms with E-state index in [4.69, 9.17) is 30.0 Å². The van der Waals surface area contributed by atoms with Crippen LogP contribution in [0.2, 0.25) is 0 Å². The van der Waals surface area contributed by atoms with Gasteiger partial charge in [0.2, 0.25) is 0 Å². The first-order valence-corrected chi connectivity index (χ1v) is 18.2. The van der Waals surface area contributed by atoms with Crippen LogP contribution in [-0.2, 0) is 0 Å². The molecule has 1 heterocycles. The summed E-state index contributed by atoms with van der Waals surface area (Å²) in [7, 11) is 0. The van der Waals surface area contributed by atoms with E-state index in [1.54, 1.807) is 0 Å². The summed E-state index contributed by atoms with van der Waals surface area (Å²) in [6, 6.07) is 26.9. The number of nitrogens with zero attached hydrogens (tertiary/aromatic N) is 6. The van der Waals surface area contributed by atoms with Gasteiger partial charge in [0.25, 0.3) is 0 Å². The first-order chi connectivity index (χ1) is 23.7. The Morgan fingerprint density at radius 2 is 0.479 bits per heavy atom. The monoisotopic (exact) mass is 636 g/mol. The summed E-state index contributed by atoms with van der Waals surface area (Å²) < 4.78 is 0. The molecule has 3 fully saturated rings. The summed E-state index contributed by atoms with van der Waals surface area (Å²) in [5.41, 5.74) is 6.66. The fourth-order valence-corrected chi connectivity index (χ4v) is 7.57. The highest BCUT2D eigenvalue weighted by atomic mass is 14.9. The molecule has 0 radical (unpaired) electrons. The van der Waals surface area contributed by atoms with E-state index in [-0.39, 0.29) is 36.3 Å². The number of aliphatic imine (C=N–C) groups is 6. The Bertz CT molecular complexity index is 1390. The average molecular weight is 637 g/mol. The predicted molar refractivity (Wildman–Crippen MR) is 203 cm³/mol. The lowest BCUT2D eigenvalue weighted by atomic mass is 9.91. The standard InChI is InChI=1S/C42H48N6/c1-2-17-38-37(16-1)43-25-31-10-7-12-33(22-31)27-45-39-18-3-4-19-40(39)47-29-35-14-9-15-36(24-35)30-48-42-21-6-5-20-41(42)46-28-34-13-8-11-32(23-34)26-44-38/h7-15,22-30,37-42H,1-6,16-21H2/t37-,38-,39-,40-,41-,42-/m1/s1. The molecule has 246 valence electrons. The van der Waals surface area contributed by atoms with Crippen molar-refractivity contribution in [1.82, 2.24) is 0 Å². The lowest BCUT2D eigenvalue weighted by Crippen LogP contribution is -2.27. The lowest BCUT2D eigenvalue weighted by molar-refractivity contribution is 0.390. The smallest absolute Gasteiger partial charge is 0.0723 e. The molecule has 3 aromatic carbocycles. The highest BCUT2D eigenvalue weighted by Gasteiger charge is 2.25. The van der Waals surface area contributed by atoms with E-state index in [1.165, 1.54) is 38.5 Å². The van der Waals surface area contributed by atoms with Gasteiger partial charge < -0.3 is 0 Å². The van der Waals surface area contributed by atoms with Gasteiger partial charge in [-0.05, 0) is 90.1 Å². The topological polar surface area (TPSA) is 74.2 Å². The van der Waals surface area contributed by atoms with Crippen molar-refractivity contribution in [1.29, 1.82) is 0 Å². The molecule has 3 saturated carbocycles. The van der Waals surface area contributed by atoms with Crippen LogP contribution in [0, 0.1) is 0 Å². The van der Waals surface area contributed by atoms with Gasteiger partial charge in [-0.1, -0.05) is 93.1 Å². The molecule has 6 nitrogen and oxygen atoms in total. The van der Waals surface area contributed by atoms with Crippen molar-refractivity contribution >= 4 is 37.3 Å². The van der Waals surface area contributed by atoms with Crippen LogP contribution < -0.4 is 0 Å². The quantitative estimate of drug-likeness (QED) is 0.237. The zero-order valence-corrected chi connectivity index (χ0v) is 28.0. The fraction of sp³-hybridized carbons (Fsp3) is 0.429. The van der Waals surface area contributed by atoms with Gasteiger partial charge in [-0.25, -0.2) is 0 Å². The number of benzene rings is 3. The maximum Gasteiger partial charge on any atom is 0.0723 e. The fourth-order valence-electron chi connectivity index (χ4n) is 7.57. The predicted octanol–water partition coefficient (Wildman–Crippen LogP) is 8.55. The van der Waals surface area contributed by atoms with E-state index in [0.717, 1.165) is 71.9 Å². The van der Waals surface area contributed by atoms with Crippen LogP contribution >= 0.6 is 0 Å². The van der Waals surface area contributed by atoms with E-state index < -0.39 is 0 Å². The van der Waals surface area contributed by atoms with Crippen molar-refractivity contribution in [2.24, 2.45) is 30.0 Å². The maximum atomic E-state index is 5.09. The van der Waals surface area contributed by atoms with Crippen molar-refractivity contribution in [3.63, 3.8) is 0 Å². The van der Waals surface area contributed by atoms with Crippen LogP contribution in [0.15, 0.2) is 103 Å². The summed E-state index contributed by atoms with van der Waals surface area (Å²) in [4.78, 5) is 30.5. The largest absolute Gasteiger partial charge is 0.287 e. The zero-order chi connectivity index (χ0) is 32.4. The minimum absolute atomic E-state index is 0.199. The molecule has 6 atom stereocenters. The van der Waals surface area contributed by atoms with Gasteiger partial charge in [-0.15, -0.1) is 0 Å². The molecule has 0 amide bonds. The molecule has 3 aliphatic carbocycles. The average Bonchev–Trinajstić information content (AvgIpc) is 3.14. The minimum Gasteiger partial charge on any atom is -0.287 e. The molecular weight excluding hydrogens is 589 g/mol. The normalized spacial score (nSPS) is 27.8. The molecule has 6 bridgehead atoms. The first kappa shape index (κ1) is 32.2. The Balaban J connectivity index is 1.20. The summed E-state index contributed by atoms with van der Waals surface area (Å²) in [5, 5.41) is 0. The highest BCUT2D eigenvalue weighted by molar-refractivity contribution is 5.88. The molecule has 4 aliphatic rings. The van der Waals surface area contributed by atoms with Gasteiger partial charge >= 0.3 is 0 Å². The number of fused-ring (bicyclic) bond motifs is 9. The van der Waals surface area contributed by atoms with Gasteiger partial charge in [0.15, 0.2) is 0 Å². The van der Waals surface area contributed by atoms with Crippen LogP contribution in [0.5, 0.6) is 0 Å².